The van der Waals surface area contributed by atoms with Gasteiger partial charge in [0.05, 0.1) is 0 Å². The number of aromatic hydroxyl groups is 2. The third kappa shape index (κ3) is 2.88. The fourth-order valence-corrected chi connectivity index (χ4v) is 1.80. The molecule has 0 saturated carbocycles. The second kappa shape index (κ2) is 5.64. The highest BCUT2D eigenvalue weighted by Crippen LogP contribution is 2.32. The van der Waals surface area contributed by atoms with E-state index in [0.717, 1.165) is 37.7 Å². The molecular weight excluding hydrogens is 188 g/mol. The van der Waals surface area contributed by atoms with Gasteiger partial charge in [-0.1, -0.05) is 32.8 Å². The van der Waals surface area contributed by atoms with Crippen molar-refractivity contribution in [3.63, 3.8) is 0 Å². The average Bonchev–Trinajstić information content (AvgIpc) is 2.24. The van der Waals surface area contributed by atoms with Crippen LogP contribution in [0.3, 0.4) is 0 Å². The summed E-state index contributed by atoms with van der Waals surface area (Å²) in [7, 11) is 0. The summed E-state index contributed by atoms with van der Waals surface area (Å²) in [5.41, 5.74) is 2.10. The van der Waals surface area contributed by atoms with Gasteiger partial charge in [-0.25, -0.2) is 0 Å². The van der Waals surface area contributed by atoms with Crippen molar-refractivity contribution in [2.45, 2.75) is 46.0 Å². The topological polar surface area (TPSA) is 40.5 Å². The quantitative estimate of drug-likeness (QED) is 0.728. The summed E-state index contributed by atoms with van der Waals surface area (Å²) in [6.45, 7) is 4.23. The van der Waals surface area contributed by atoms with Gasteiger partial charge in [0.15, 0.2) is 11.5 Å². The maximum absolute atomic E-state index is 9.76. The molecule has 0 heterocycles. The van der Waals surface area contributed by atoms with E-state index in [-0.39, 0.29) is 11.5 Å². The lowest BCUT2D eigenvalue weighted by Gasteiger charge is -2.11. The van der Waals surface area contributed by atoms with E-state index in [0.29, 0.717) is 0 Å². The van der Waals surface area contributed by atoms with Crippen molar-refractivity contribution in [3.05, 3.63) is 23.3 Å². The Morgan fingerprint density at radius 3 is 2.33 bits per heavy atom. The highest BCUT2D eigenvalue weighted by molar-refractivity contribution is 5.49. The molecule has 0 unspecified atom stereocenters. The van der Waals surface area contributed by atoms with Crippen LogP contribution in [0.1, 0.15) is 44.2 Å². The van der Waals surface area contributed by atoms with Crippen LogP contribution in [0, 0.1) is 0 Å². The maximum Gasteiger partial charge on any atom is 0.160 e. The van der Waals surface area contributed by atoms with Gasteiger partial charge in [0.2, 0.25) is 0 Å². The fourth-order valence-electron chi connectivity index (χ4n) is 1.80. The van der Waals surface area contributed by atoms with Crippen molar-refractivity contribution in [1.82, 2.24) is 0 Å². The third-order valence-corrected chi connectivity index (χ3v) is 2.66. The second-order valence-corrected chi connectivity index (χ2v) is 3.92. The highest BCUT2D eigenvalue weighted by Gasteiger charge is 2.10. The van der Waals surface area contributed by atoms with Gasteiger partial charge in [0.25, 0.3) is 0 Å². The Balaban J connectivity index is 2.97. The lowest BCUT2D eigenvalue weighted by Crippen LogP contribution is -1.95. The van der Waals surface area contributed by atoms with E-state index in [1.807, 2.05) is 6.07 Å². The minimum atomic E-state index is -0.00121. The Kier molecular flexibility index (Phi) is 4.47. The molecule has 0 atom stereocenters. The van der Waals surface area contributed by atoms with Gasteiger partial charge < -0.3 is 10.2 Å². The molecule has 84 valence electrons. The molecule has 2 heteroatoms. The summed E-state index contributed by atoms with van der Waals surface area (Å²) >= 11 is 0. The standard InChI is InChI=1S/C13H20O2/c1-3-5-7-10-8-9-12(14)13(15)11(10)6-4-2/h8-9,14-15H,3-7H2,1-2H3. The van der Waals surface area contributed by atoms with Crippen molar-refractivity contribution in [2.24, 2.45) is 0 Å². The van der Waals surface area contributed by atoms with Crippen LogP contribution in [-0.2, 0) is 12.8 Å². The van der Waals surface area contributed by atoms with E-state index in [2.05, 4.69) is 13.8 Å². The number of phenols is 2. The van der Waals surface area contributed by atoms with Crippen LogP contribution in [0.25, 0.3) is 0 Å². The Bertz CT molecular complexity index is 319. The number of unbranched alkanes of at least 4 members (excludes halogenated alkanes) is 1. The van der Waals surface area contributed by atoms with Gasteiger partial charge in [0, 0.05) is 5.56 Å². The Morgan fingerprint density at radius 1 is 1.00 bits per heavy atom. The van der Waals surface area contributed by atoms with E-state index < -0.39 is 0 Å². The molecule has 2 N–H and O–H groups in total. The molecule has 0 radical (unpaired) electrons. The number of benzene rings is 1. The molecule has 0 amide bonds. The average molecular weight is 208 g/mol. The molecule has 0 aliphatic carbocycles. The molecule has 1 aromatic carbocycles. The van der Waals surface area contributed by atoms with E-state index in [9.17, 15) is 10.2 Å². The molecule has 0 aliphatic heterocycles. The molecule has 0 aromatic heterocycles. The summed E-state index contributed by atoms with van der Waals surface area (Å²) in [4.78, 5) is 0. The van der Waals surface area contributed by atoms with Crippen molar-refractivity contribution in [2.75, 3.05) is 0 Å². The van der Waals surface area contributed by atoms with Gasteiger partial charge >= 0.3 is 0 Å². The normalized spacial score (nSPS) is 10.5. The number of hydrogen-bond donors (Lipinski definition) is 2. The first kappa shape index (κ1) is 11.9. The maximum atomic E-state index is 9.76. The predicted octanol–water partition coefficient (Wildman–Crippen LogP) is 3.39. The van der Waals surface area contributed by atoms with Crippen LogP contribution >= 0.6 is 0 Å². The summed E-state index contributed by atoms with van der Waals surface area (Å²) in [6, 6.07) is 3.51. The third-order valence-electron chi connectivity index (χ3n) is 2.66. The first-order valence-corrected chi connectivity index (χ1v) is 5.73. The van der Waals surface area contributed by atoms with Crippen LogP contribution in [-0.4, -0.2) is 10.2 Å². The Labute approximate surface area is 91.6 Å². The number of rotatable bonds is 5. The molecule has 0 fully saturated rings. The molecule has 15 heavy (non-hydrogen) atoms. The van der Waals surface area contributed by atoms with E-state index in [1.165, 1.54) is 5.56 Å². The van der Waals surface area contributed by atoms with Gasteiger partial charge in [-0.3, -0.25) is 0 Å². The highest BCUT2D eigenvalue weighted by atomic mass is 16.3. The fraction of sp³-hybridized carbons (Fsp3) is 0.538. The number of phenolic OH excluding ortho intramolecular Hbond substituents is 2. The minimum absolute atomic E-state index is 0.00121. The molecular formula is C13H20O2. The van der Waals surface area contributed by atoms with Crippen molar-refractivity contribution >= 4 is 0 Å². The van der Waals surface area contributed by atoms with Crippen molar-refractivity contribution < 1.29 is 10.2 Å². The largest absolute Gasteiger partial charge is 0.504 e. The van der Waals surface area contributed by atoms with E-state index in [1.54, 1.807) is 6.07 Å². The van der Waals surface area contributed by atoms with Crippen LogP contribution in [0.4, 0.5) is 0 Å². The predicted molar refractivity (Wildman–Crippen MR) is 62.4 cm³/mol. The Morgan fingerprint density at radius 2 is 1.73 bits per heavy atom. The van der Waals surface area contributed by atoms with Gasteiger partial charge in [-0.15, -0.1) is 0 Å². The molecule has 0 aliphatic rings. The lowest BCUT2D eigenvalue weighted by molar-refractivity contribution is 0.398. The molecule has 0 saturated heterocycles. The van der Waals surface area contributed by atoms with E-state index in [4.69, 9.17) is 0 Å². The molecule has 1 rings (SSSR count). The molecule has 0 bridgehead atoms. The van der Waals surface area contributed by atoms with Gasteiger partial charge in [-0.2, -0.15) is 0 Å². The second-order valence-electron chi connectivity index (χ2n) is 3.92. The van der Waals surface area contributed by atoms with Crippen LogP contribution in [0.15, 0.2) is 12.1 Å². The first-order chi connectivity index (χ1) is 7.20. The summed E-state index contributed by atoms with van der Waals surface area (Å²) < 4.78 is 0. The monoisotopic (exact) mass is 208 g/mol. The minimum Gasteiger partial charge on any atom is -0.504 e. The zero-order valence-electron chi connectivity index (χ0n) is 9.58. The smallest absolute Gasteiger partial charge is 0.160 e. The van der Waals surface area contributed by atoms with Gasteiger partial charge in [-0.05, 0) is 30.9 Å². The zero-order valence-corrected chi connectivity index (χ0v) is 9.58. The van der Waals surface area contributed by atoms with Gasteiger partial charge in [0.1, 0.15) is 0 Å². The van der Waals surface area contributed by atoms with Crippen LogP contribution in [0.5, 0.6) is 11.5 Å². The summed E-state index contributed by atoms with van der Waals surface area (Å²) in [5.74, 6) is 0.0733. The van der Waals surface area contributed by atoms with Crippen LogP contribution < -0.4 is 0 Å². The van der Waals surface area contributed by atoms with E-state index >= 15 is 0 Å². The molecule has 0 spiro atoms. The Hall–Kier alpha value is -1.18. The zero-order chi connectivity index (χ0) is 11.3. The molecule has 1 aromatic rings. The first-order valence-electron chi connectivity index (χ1n) is 5.73. The summed E-state index contributed by atoms with van der Waals surface area (Å²) in [6.07, 6.45) is 5.07. The number of hydrogen-bond acceptors (Lipinski definition) is 2. The summed E-state index contributed by atoms with van der Waals surface area (Å²) in [5, 5.41) is 19.2. The lowest BCUT2D eigenvalue weighted by atomic mass is 9.97. The van der Waals surface area contributed by atoms with Crippen molar-refractivity contribution in [1.29, 1.82) is 0 Å². The SMILES string of the molecule is CCCCc1ccc(O)c(O)c1CCC. The molecule has 2 nitrogen and oxygen atoms in total. The number of aryl methyl sites for hydroxylation is 1. The van der Waals surface area contributed by atoms with Crippen LogP contribution in [0.2, 0.25) is 0 Å². The van der Waals surface area contributed by atoms with Crippen molar-refractivity contribution in [3.8, 4) is 11.5 Å².